The van der Waals surface area contributed by atoms with Crippen molar-refractivity contribution in [3.63, 3.8) is 0 Å². The van der Waals surface area contributed by atoms with Crippen molar-refractivity contribution in [2.45, 2.75) is 44.4 Å². The molecule has 2 nitrogen and oxygen atoms in total. The first kappa shape index (κ1) is 13.1. The summed E-state index contributed by atoms with van der Waals surface area (Å²) in [7, 11) is 0. The Balaban J connectivity index is 1.89. The molecule has 2 heteroatoms. The van der Waals surface area contributed by atoms with E-state index in [9.17, 15) is 5.11 Å². The van der Waals surface area contributed by atoms with Gasteiger partial charge in [-0.15, -0.1) is 0 Å². The second kappa shape index (κ2) is 4.60. The summed E-state index contributed by atoms with van der Waals surface area (Å²) < 4.78 is 5.51. The van der Waals surface area contributed by atoms with Gasteiger partial charge in [0.05, 0.1) is 13.2 Å². The smallest absolute Gasteiger partial charge is 0.0591 e. The van der Waals surface area contributed by atoms with Crippen molar-refractivity contribution >= 4 is 0 Å². The maximum absolute atomic E-state index is 9.74. The Kier molecular flexibility index (Phi) is 3.18. The van der Waals surface area contributed by atoms with E-state index in [4.69, 9.17) is 4.74 Å². The van der Waals surface area contributed by atoms with E-state index in [1.54, 1.807) is 0 Å². The van der Waals surface area contributed by atoms with Crippen molar-refractivity contribution < 1.29 is 9.84 Å². The minimum atomic E-state index is 0.0791. The predicted molar refractivity (Wildman–Crippen MR) is 76.4 cm³/mol. The highest BCUT2D eigenvalue weighted by Crippen LogP contribution is 2.62. The number of hydrogen-bond acceptors (Lipinski definition) is 2. The van der Waals surface area contributed by atoms with Gasteiger partial charge >= 0.3 is 0 Å². The molecule has 1 atom stereocenters. The van der Waals surface area contributed by atoms with Crippen molar-refractivity contribution in [3.05, 3.63) is 35.4 Å². The van der Waals surface area contributed by atoms with Crippen LogP contribution in [0.25, 0.3) is 0 Å². The van der Waals surface area contributed by atoms with Gasteiger partial charge in [-0.3, -0.25) is 0 Å². The molecule has 0 amide bonds. The van der Waals surface area contributed by atoms with E-state index in [2.05, 4.69) is 38.1 Å². The monoisotopic (exact) mass is 260 g/mol. The standard InChI is InChI=1S/C17H24O2/c1-3-13(2)14-4-6-15(7-5-14)17(11-19-12-17)16(10-18)8-9-16/h4-7,13,18H,3,8-12H2,1-2H3. The summed E-state index contributed by atoms with van der Waals surface area (Å²) >= 11 is 0. The molecule has 3 rings (SSSR count). The van der Waals surface area contributed by atoms with Gasteiger partial charge in [0.1, 0.15) is 0 Å². The lowest BCUT2D eigenvalue weighted by molar-refractivity contribution is -0.110. The number of aliphatic hydroxyl groups is 1. The van der Waals surface area contributed by atoms with E-state index in [-0.39, 0.29) is 10.8 Å². The van der Waals surface area contributed by atoms with E-state index >= 15 is 0 Å². The molecule has 104 valence electrons. The number of rotatable bonds is 5. The molecule has 19 heavy (non-hydrogen) atoms. The van der Waals surface area contributed by atoms with Gasteiger partial charge in [-0.1, -0.05) is 38.1 Å². The first-order chi connectivity index (χ1) is 9.17. The van der Waals surface area contributed by atoms with Gasteiger partial charge in [-0.2, -0.15) is 0 Å². The summed E-state index contributed by atoms with van der Waals surface area (Å²) in [5.74, 6) is 0.621. The molecule has 1 heterocycles. The molecule has 1 saturated heterocycles. The highest BCUT2D eigenvalue weighted by Gasteiger charge is 2.63. The Hall–Kier alpha value is -0.860. The highest BCUT2D eigenvalue weighted by molar-refractivity contribution is 5.37. The van der Waals surface area contributed by atoms with Crippen molar-refractivity contribution in [2.24, 2.45) is 5.41 Å². The summed E-state index contributed by atoms with van der Waals surface area (Å²) in [6, 6.07) is 9.05. The fourth-order valence-electron chi connectivity index (χ4n) is 3.39. The lowest BCUT2D eigenvalue weighted by Gasteiger charge is -2.48. The molecule has 0 radical (unpaired) electrons. The van der Waals surface area contributed by atoms with Crippen LogP contribution in [0.5, 0.6) is 0 Å². The van der Waals surface area contributed by atoms with Crippen LogP contribution in [0.3, 0.4) is 0 Å². The van der Waals surface area contributed by atoms with Gasteiger partial charge < -0.3 is 9.84 Å². The van der Waals surface area contributed by atoms with Gasteiger partial charge in [-0.25, -0.2) is 0 Å². The lowest BCUT2D eigenvalue weighted by Crippen LogP contribution is -2.54. The zero-order valence-electron chi connectivity index (χ0n) is 12.0. The van der Waals surface area contributed by atoms with E-state index in [1.807, 2.05) is 0 Å². The fraction of sp³-hybridized carbons (Fsp3) is 0.647. The van der Waals surface area contributed by atoms with Crippen LogP contribution in [0, 0.1) is 5.41 Å². The summed E-state index contributed by atoms with van der Waals surface area (Å²) in [6.07, 6.45) is 3.45. The maximum Gasteiger partial charge on any atom is 0.0591 e. The van der Waals surface area contributed by atoms with Crippen molar-refractivity contribution in [1.82, 2.24) is 0 Å². The van der Waals surface area contributed by atoms with Gasteiger partial charge in [0.25, 0.3) is 0 Å². The zero-order chi connectivity index (χ0) is 13.5. The summed E-state index contributed by atoms with van der Waals surface area (Å²) in [4.78, 5) is 0. The maximum atomic E-state index is 9.74. The van der Waals surface area contributed by atoms with Crippen molar-refractivity contribution in [1.29, 1.82) is 0 Å². The third-order valence-electron chi connectivity index (χ3n) is 5.51. The van der Waals surface area contributed by atoms with E-state index in [0.717, 1.165) is 26.1 Å². The minimum absolute atomic E-state index is 0.0791. The summed E-state index contributed by atoms with van der Waals surface area (Å²) in [6.45, 7) is 6.34. The van der Waals surface area contributed by atoms with Crippen LogP contribution in [0.2, 0.25) is 0 Å². The number of ether oxygens (including phenoxy) is 1. The largest absolute Gasteiger partial charge is 0.396 e. The van der Waals surface area contributed by atoms with Crippen LogP contribution in [-0.2, 0) is 10.2 Å². The van der Waals surface area contributed by atoms with Gasteiger partial charge in [0.15, 0.2) is 0 Å². The van der Waals surface area contributed by atoms with Crippen molar-refractivity contribution in [3.8, 4) is 0 Å². The second-order valence-corrected chi connectivity index (χ2v) is 6.44. The number of aliphatic hydroxyl groups excluding tert-OH is 1. The topological polar surface area (TPSA) is 29.5 Å². The molecular weight excluding hydrogens is 236 g/mol. The fourth-order valence-corrected chi connectivity index (χ4v) is 3.39. The Labute approximate surface area is 115 Å². The van der Waals surface area contributed by atoms with Crippen LogP contribution in [0.1, 0.15) is 50.2 Å². The Morgan fingerprint density at radius 2 is 1.84 bits per heavy atom. The molecule has 1 aliphatic carbocycles. The van der Waals surface area contributed by atoms with Crippen LogP contribution in [0.15, 0.2) is 24.3 Å². The average molecular weight is 260 g/mol. The molecule has 2 fully saturated rings. The van der Waals surface area contributed by atoms with Gasteiger partial charge in [0.2, 0.25) is 0 Å². The Morgan fingerprint density at radius 1 is 1.21 bits per heavy atom. The van der Waals surface area contributed by atoms with Crippen LogP contribution >= 0.6 is 0 Å². The normalized spacial score (nSPS) is 24.6. The summed E-state index contributed by atoms with van der Waals surface area (Å²) in [5, 5.41) is 9.74. The molecule has 2 aliphatic rings. The third-order valence-corrected chi connectivity index (χ3v) is 5.51. The zero-order valence-corrected chi connectivity index (χ0v) is 12.0. The molecule has 1 aromatic rings. The van der Waals surface area contributed by atoms with Gasteiger partial charge in [-0.05, 0) is 36.3 Å². The first-order valence-electron chi connectivity index (χ1n) is 7.46. The van der Waals surface area contributed by atoms with Crippen LogP contribution < -0.4 is 0 Å². The SMILES string of the molecule is CCC(C)c1ccc(C2(C3(CO)CC3)COC2)cc1. The molecular formula is C17H24O2. The molecule has 0 bridgehead atoms. The van der Waals surface area contributed by atoms with Crippen molar-refractivity contribution in [2.75, 3.05) is 19.8 Å². The second-order valence-electron chi connectivity index (χ2n) is 6.44. The molecule has 1 N–H and O–H groups in total. The predicted octanol–water partition coefficient (Wildman–Crippen LogP) is 3.24. The molecule has 1 aliphatic heterocycles. The molecule has 0 spiro atoms. The van der Waals surface area contributed by atoms with E-state index in [0.29, 0.717) is 12.5 Å². The summed E-state index contributed by atoms with van der Waals surface area (Å²) in [5.41, 5.74) is 2.95. The van der Waals surface area contributed by atoms with E-state index < -0.39 is 0 Å². The molecule has 1 unspecified atom stereocenters. The Bertz CT molecular complexity index is 441. The molecule has 1 saturated carbocycles. The molecule has 1 aromatic carbocycles. The van der Waals surface area contributed by atoms with Gasteiger partial charge in [0, 0.05) is 17.4 Å². The third kappa shape index (κ3) is 1.85. The minimum Gasteiger partial charge on any atom is -0.396 e. The Morgan fingerprint density at radius 3 is 2.21 bits per heavy atom. The molecule has 0 aromatic heterocycles. The quantitative estimate of drug-likeness (QED) is 0.880. The number of benzene rings is 1. The number of hydrogen-bond donors (Lipinski definition) is 1. The highest BCUT2D eigenvalue weighted by atomic mass is 16.5. The lowest BCUT2D eigenvalue weighted by atomic mass is 9.66. The van der Waals surface area contributed by atoms with Crippen LogP contribution in [-0.4, -0.2) is 24.9 Å². The average Bonchev–Trinajstić information content (AvgIpc) is 3.19. The van der Waals surface area contributed by atoms with Crippen LogP contribution in [0.4, 0.5) is 0 Å². The first-order valence-corrected chi connectivity index (χ1v) is 7.46. The van der Waals surface area contributed by atoms with E-state index in [1.165, 1.54) is 17.5 Å².